The first kappa shape index (κ1) is 16.7. The predicted octanol–water partition coefficient (Wildman–Crippen LogP) is 2.24. The second kappa shape index (κ2) is 6.22. The van der Waals surface area contributed by atoms with Crippen molar-refractivity contribution in [2.24, 2.45) is 7.05 Å². The van der Waals surface area contributed by atoms with Crippen LogP contribution in [0.5, 0.6) is 0 Å². The fraction of sp³-hybridized carbons (Fsp3) is 0.438. The van der Waals surface area contributed by atoms with Crippen molar-refractivity contribution in [2.75, 3.05) is 6.54 Å². The summed E-state index contributed by atoms with van der Waals surface area (Å²) in [7, 11) is -1.82. The van der Waals surface area contributed by atoms with Gasteiger partial charge in [-0.3, -0.25) is 4.68 Å². The monoisotopic (exact) mass is 321 g/mol. The minimum atomic E-state index is -3.56. The first-order valence-corrected chi connectivity index (χ1v) is 8.76. The molecular weight excluding hydrogens is 298 g/mol. The Morgan fingerprint density at radius 3 is 2.41 bits per heavy atom. The molecule has 0 aliphatic heterocycles. The Labute approximate surface area is 132 Å². The normalized spacial score (nSPS) is 12.5. The van der Waals surface area contributed by atoms with Crippen LogP contribution >= 0.6 is 0 Å². The predicted molar refractivity (Wildman–Crippen MR) is 87.2 cm³/mol. The molecule has 0 unspecified atom stereocenters. The molecule has 1 heterocycles. The highest BCUT2D eigenvalue weighted by Crippen LogP contribution is 2.27. The summed E-state index contributed by atoms with van der Waals surface area (Å²) in [5.74, 6) is 0. The molecule has 0 saturated heterocycles. The summed E-state index contributed by atoms with van der Waals surface area (Å²) in [4.78, 5) is 0.260. The number of hydrogen-bond donors (Lipinski definition) is 1. The molecule has 0 aliphatic rings. The highest BCUT2D eigenvalue weighted by Gasteiger charge is 2.29. The van der Waals surface area contributed by atoms with E-state index in [4.69, 9.17) is 0 Å². The summed E-state index contributed by atoms with van der Waals surface area (Å²) in [5.41, 5.74) is 1.36. The lowest BCUT2D eigenvalue weighted by atomic mass is 9.92. The quantitative estimate of drug-likeness (QED) is 0.918. The van der Waals surface area contributed by atoms with E-state index in [1.54, 1.807) is 17.9 Å². The fourth-order valence-corrected chi connectivity index (χ4v) is 3.65. The SMILES string of the molecule is Cn1cc(S(=O)(=O)NCCc2ccccc2)c(C(C)(C)C)n1. The molecule has 0 aliphatic carbocycles. The molecule has 1 aromatic heterocycles. The second-order valence-corrected chi connectivity index (χ2v) is 8.13. The Morgan fingerprint density at radius 1 is 1.18 bits per heavy atom. The van der Waals surface area contributed by atoms with Crippen LogP contribution in [-0.4, -0.2) is 24.7 Å². The van der Waals surface area contributed by atoms with E-state index in [0.717, 1.165) is 5.56 Å². The molecule has 0 saturated carbocycles. The minimum Gasteiger partial charge on any atom is -0.274 e. The first-order chi connectivity index (χ1) is 10.2. The van der Waals surface area contributed by atoms with E-state index in [2.05, 4.69) is 9.82 Å². The maximum Gasteiger partial charge on any atom is 0.244 e. The molecule has 2 rings (SSSR count). The average Bonchev–Trinajstić information content (AvgIpc) is 2.83. The van der Waals surface area contributed by atoms with Gasteiger partial charge in [0, 0.05) is 25.2 Å². The number of aromatic nitrogens is 2. The van der Waals surface area contributed by atoms with Crippen molar-refractivity contribution < 1.29 is 8.42 Å². The second-order valence-electron chi connectivity index (χ2n) is 6.40. The highest BCUT2D eigenvalue weighted by atomic mass is 32.2. The van der Waals surface area contributed by atoms with Crippen LogP contribution in [0.15, 0.2) is 41.4 Å². The van der Waals surface area contributed by atoms with Crippen LogP contribution in [0.1, 0.15) is 32.0 Å². The van der Waals surface area contributed by atoms with Gasteiger partial charge in [0.2, 0.25) is 10.0 Å². The Kier molecular flexibility index (Phi) is 4.72. The fourth-order valence-electron chi connectivity index (χ4n) is 2.24. The molecular formula is C16H23N3O2S. The smallest absolute Gasteiger partial charge is 0.244 e. The topological polar surface area (TPSA) is 64.0 Å². The zero-order valence-corrected chi connectivity index (χ0v) is 14.3. The lowest BCUT2D eigenvalue weighted by molar-refractivity contribution is 0.535. The maximum atomic E-state index is 12.5. The van der Waals surface area contributed by atoms with Gasteiger partial charge in [-0.1, -0.05) is 51.1 Å². The van der Waals surface area contributed by atoms with Gasteiger partial charge in [-0.25, -0.2) is 13.1 Å². The van der Waals surface area contributed by atoms with Crippen LogP contribution in [0.25, 0.3) is 0 Å². The molecule has 0 radical (unpaired) electrons. The van der Waals surface area contributed by atoms with Gasteiger partial charge in [0.15, 0.2) is 0 Å². The Hall–Kier alpha value is -1.66. The lowest BCUT2D eigenvalue weighted by Crippen LogP contribution is -2.28. The molecule has 0 atom stereocenters. The number of rotatable bonds is 5. The summed E-state index contributed by atoms with van der Waals surface area (Å²) in [5, 5.41) is 4.31. The molecule has 22 heavy (non-hydrogen) atoms. The molecule has 1 N–H and O–H groups in total. The van der Waals surface area contributed by atoms with E-state index >= 15 is 0 Å². The van der Waals surface area contributed by atoms with Crippen molar-refractivity contribution in [1.29, 1.82) is 0 Å². The summed E-state index contributed by atoms with van der Waals surface area (Å²) in [6.07, 6.45) is 2.22. The molecule has 0 fully saturated rings. The molecule has 5 nitrogen and oxygen atoms in total. The largest absolute Gasteiger partial charge is 0.274 e. The Balaban J connectivity index is 2.14. The molecule has 6 heteroatoms. The average molecular weight is 321 g/mol. The van der Waals surface area contributed by atoms with Crippen LogP contribution in [-0.2, 0) is 28.9 Å². The van der Waals surface area contributed by atoms with Crippen molar-refractivity contribution in [1.82, 2.24) is 14.5 Å². The van der Waals surface area contributed by atoms with Crippen LogP contribution in [0, 0.1) is 0 Å². The third-order valence-electron chi connectivity index (χ3n) is 3.34. The van der Waals surface area contributed by atoms with Crippen LogP contribution in [0.4, 0.5) is 0 Å². The van der Waals surface area contributed by atoms with E-state index in [0.29, 0.717) is 18.7 Å². The number of hydrogen-bond acceptors (Lipinski definition) is 3. The third kappa shape index (κ3) is 3.96. The molecule has 120 valence electrons. The van der Waals surface area contributed by atoms with Gasteiger partial charge < -0.3 is 0 Å². The zero-order chi connectivity index (χ0) is 16.4. The van der Waals surface area contributed by atoms with Gasteiger partial charge in [-0.2, -0.15) is 5.10 Å². The first-order valence-electron chi connectivity index (χ1n) is 7.28. The van der Waals surface area contributed by atoms with Crippen molar-refractivity contribution in [3.05, 3.63) is 47.8 Å². The summed E-state index contributed by atoms with van der Waals surface area (Å²) in [6, 6.07) is 9.81. The summed E-state index contributed by atoms with van der Waals surface area (Å²) >= 11 is 0. The van der Waals surface area contributed by atoms with Crippen LogP contribution < -0.4 is 4.72 Å². The zero-order valence-electron chi connectivity index (χ0n) is 13.5. The van der Waals surface area contributed by atoms with E-state index in [9.17, 15) is 8.42 Å². The Bertz CT molecular complexity index is 728. The molecule has 1 aromatic carbocycles. The van der Waals surface area contributed by atoms with E-state index < -0.39 is 10.0 Å². The molecule has 0 bridgehead atoms. The van der Waals surface area contributed by atoms with Crippen LogP contribution in [0.3, 0.4) is 0 Å². The minimum absolute atomic E-state index is 0.260. The van der Waals surface area contributed by atoms with Gasteiger partial charge in [-0.15, -0.1) is 0 Å². The van der Waals surface area contributed by atoms with E-state index in [1.807, 2.05) is 51.1 Å². The molecule has 2 aromatic rings. The third-order valence-corrected chi connectivity index (χ3v) is 4.81. The van der Waals surface area contributed by atoms with Crippen molar-refractivity contribution in [2.45, 2.75) is 37.5 Å². The number of sulfonamides is 1. The maximum absolute atomic E-state index is 12.5. The van der Waals surface area contributed by atoms with Gasteiger partial charge >= 0.3 is 0 Å². The molecule has 0 amide bonds. The summed E-state index contributed by atoms with van der Waals surface area (Å²) in [6.45, 7) is 6.24. The molecule has 0 spiro atoms. The van der Waals surface area contributed by atoms with E-state index in [-0.39, 0.29) is 10.3 Å². The Morgan fingerprint density at radius 2 is 1.82 bits per heavy atom. The summed E-state index contributed by atoms with van der Waals surface area (Å²) < 4.78 is 29.3. The standard InChI is InChI=1S/C16H23N3O2S/c1-16(2,3)15-14(12-19(4)18-15)22(20,21)17-11-10-13-8-6-5-7-9-13/h5-9,12,17H,10-11H2,1-4H3. The van der Waals surface area contributed by atoms with Gasteiger partial charge in [0.1, 0.15) is 4.90 Å². The van der Waals surface area contributed by atoms with E-state index in [1.165, 1.54) is 0 Å². The van der Waals surface area contributed by atoms with Gasteiger partial charge in [-0.05, 0) is 12.0 Å². The van der Waals surface area contributed by atoms with Gasteiger partial charge in [0.05, 0.1) is 5.69 Å². The lowest BCUT2D eigenvalue weighted by Gasteiger charge is -2.17. The highest BCUT2D eigenvalue weighted by molar-refractivity contribution is 7.89. The number of aryl methyl sites for hydroxylation is 1. The van der Waals surface area contributed by atoms with Crippen molar-refractivity contribution >= 4 is 10.0 Å². The number of benzene rings is 1. The van der Waals surface area contributed by atoms with Crippen molar-refractivity contribution in [3.63, 3.8) is 0 Å². The van der Waals surface area contributed by atoms with Crippen LogP contribution in [0.2, 0.25) is 0 Å². The van der Waals surface area contributed by atoms with Gasteiger partial charge in [0.25, 0.3) is 0 Å². The number of nitrogens with one attached hydrogen (secondary N) is 1. The van der Waals surface area contributed by atoms with Crippen molar-refractivity contribution in [3.8, 4) is 0 Å². The number of nitrogens with zero attached hydrogens (tertiary/aromatic N) is 2.